The highest BCUT2D eigenvalue weighted by molar-refractivity contribution is 6.33. The SMILES string of the molecule is N#Cc1ccc(Cn2nc(-c3cc(Cl)c(NCCC(F)(F)F)nc3F)c3ccccc3c2=O)cc1. The Balaban J connectivity index is 1.77. The molecule has 35 heavy (non-hydrogen) atoms. The molecule has 11 heteroatoms. The van der Waals surface area contributed by atoms with Gasteiger partial charge in [-0.05, 0) is 29.8 Å². The molecule has 0 radical (unpaired) electrons. The lowest BCUT2D eigenvalue weighted by atomic mass is 10.1. The summed E-state index contributed by atoms with van der Waals surface area (Å²) in [5.41, 5.74) is 0.739. The second kappa shape index (κ2) is 9.72. The number of anilines is 1. The molecule has 0 aliphatic heterocycles. The standard InChI is InChI=1S/C24H16ClF4N5O/c25-19-11-18(21(26)32-22(19)31-10-9-24(27,28)29)20-16-3-1-2-4-17(16)23(35)34(33-20)13-15-7-5-14(12-30)6-8-15/h1-8,11H,9-10,13H2,(H,31,32). The third-order valence-corrected chi connectivity index (χ3v) is 5.46. The highest BCUT2D eigenvalue weighted by Crippen LogP contribution is 2.32. The summed E-state index contributed by atoms with van der Waals surface area (Å²) in [6, 6.07) is 16.3. The number of hydrogen-bond donors (Lipinski definition) is 1. The summed E-state index contributed by atoms with van der Waals surface area (Å²) >= 11 is 6.19. The molecule has 6 nitrogen and oxygen atoms in total. The number of nitriles is 1. The molecule has 0 amide bonds. The number of hydrogen-bond acceptors (Lipinski definition) is 5. The van der Waals surface area contributed by atoms with Crippen LogP contribution in [-0.4, -0.2) is 27.5 Å². The Hall–Kier alpha value is -3.97. The van der Waals surface area contributed by atoms with Crippen molar-refractivity contribution in [1.29, 1.82) is 5.26 Å². The van der Waals surface area contributed by atoms with Gasteiger partial charge in [0.05, 0.1) is 40.6 Å². The first-order valence-electron chi connectivity index (χ1n) is 10.3. The zero-order valence-corrected chi connectivity index (χ0v) is 18.7. The fraction of sp³-hybridized carbons (Fsp3) is 0.167. The molecule has 0 unspecified atom stereocenters. The number of nitrogens with zero attached hydrogens (tertiary/aromatic N) is 4. The second-order valence-electron chi connectivity index (χ2n) is 7.61. The number of nitrogens with one attached hydrogen (secondary N) is 1. The van der Waals surface area contributed by atoms with Crippen LogP contribution in [0.4, 0.5) is 23.4 Å². The van der Waals surface area contributed by atoms with Gasteiger partial charge in [-0.15, -0.1) is 0 Å². The van der Waals surface area contributed by atoms with E-state index in [1.807, 2.05) is 6.07 Å². The molecule has 0 saturated heterocycles. The van der Waals surface area contributed by atoms with Crippen LogP contribution in [0.15, 0.2) is 59.4 Å². The van der Waals surface area contributed by atoms with Gasteiger partial charge in [-0.25, -0.2) is 9.67 Å². The van der Waals surface area contributed by atoms with Gasteiger partial charge in [0.25, 0.3) is 5.56 Å². The molecule has 2 heterocycles. The minimum Gasteiger partial charge on any atom is -0.368 e. The van der Waals surface area contributed by atoms with Gasteiger partial charge in [0, 0.05) is 11.9 Å². The third-order valence-electron chi connectivity index (χ3n) is 5.17. The Morgan fingerprint density at radius 3 is 2.43 bits per heavy atom. The molecule has 0 bridgehead atoms. The van der Waals surface area contributed by atoms with Gasteiger partial charge in [0.15, 0.2) is 0 Å². The lowest BCUT2D eigenvalue weighted by molar-refractivity contribution is -0.131. The Morgan fingerprint density at radius 1 is 1.09 bits per heavy atom. The van der Waals surface area contributed by atoms with E-state index in [0.717, 1.165) is 0 Å². The van der Waals surface area contributed by atoms with Crippen LogP contribution in [-0.2, 0) is 6.54 Å². The maximum Gasteiger partial charge on any atom is 0.390 e. The summed E-state index contributed by atoms with van der Waals surface area (Å²) in [4.78, 5) is 16.8. The highest BCUT2D eigenvalue weighted by Gasteiger charge is 2.26. The predicted octanol–water partition coefficient (Wildman–Crippen LogP) is 5.54. The fourth-order valence-electron chi connectivity index (χ4n) is 3.48. The minimum atomic E-state index is -4.39. The average molecular weight is 502 g/mol. The summed E-state index contributed by atoms with van der Waals surface area (Å²) < 4.78 is 53.5. The van der Waals surface area contributed by atoms with Crippen molar-refractivity contribution in [1.82, 2.24) is 14.8 Å². The monoisotopic (exact) mass is 501 g/mol. The van der Waals surface area contributed by atoms with E-state index in [1.54, 1.807) is 48.5 Å². The van der Waals surface area contributed by atoms with E-state index in [4.69, 9.17) is 16.9 Å². The predicted molar refractivity (Wildman–Crippen MR) is 124 cm³/mol. The smallest absolute Gasteiger partial charge is 0.368 e. The molecular weight excluding hydrogens is 486 g/mol. The van der Waals surface area contributed by atoms with Crippen LogP contribution >= 0.6 is 11.6 Å². The van der Waals surface area contributed by atoms with Crippen molar-refractivity contribution in [3.8, 4) is 17.3 Å². The Kier molecular flexibility index (Phi) is 6.71. The van der Waals surface area contributed by atoms with Crippen molar-refractivity contribution in [3.05, 3.63) is 87.0 Å². The van der Waals surface area contributed by atoms with Crippen molar-refractivity contribution in [2.75, 3.05) is 11.9 Å². The molecule has 0 aliphatic rings. The molecule has 0 atom stereocenters. The summed E-state index contributed by atoms with van der Waals surface area (Å²) in [7, 11) is 0. The van der Waals surface area contributed by atoms with Crippen LogP contribution in [0.3, 0.4) is 0 Å². The summed E-state index contributed by atoms with van der Waals surface area (Å²) in [5.74, 6) is -1.24. The summed E-state index contributed by atoms with van der Waals surface area (Å²) in [6.45, 7) is -0.464. The van der Waals surface area contributed by atoms with Crippen LogP contribution in [0.2, 0.25) is 5.02 Å². The largest absolute Gasteiger partial charge is 0.390 e. The third kappa shape index (κ3) is 5.41. The lowest BCUT2D eigenvalue weighted by Gasteiger charge is -2.14. The van der Waals surface area contributed by atoms with Gasteiger partial charge < -0.3 is 5.32 Å². The van der Waals surface area contributed by atoms with Gasteiger partial charge in [-0.2, -0.15) is 27.9 Å². The Morgan fingerprint density at radius 2 is 1.77 bits per heavy atom. The van der Waals surface area contributed by atoms with Gasteiger partial charge in [0.2, 0.25) is 5.95 Å². The molecule has 0 saturated carbocycles. The first-order chi connectivity index (χ1) is 16.7. The molecule has 0 fully saturated rings. The highest BCUT2D eigenvalue weighted by atomic mass is 35.5. The topological polar surface area (TPSA) is 83.6 Å². The normalized spacial score (nSPS) is 11.4. The quantitative estimate of drug-likeness (QED) is 0.277. The van der Waals surface area contributed by atoms with Gasteiger partial charge in [-0.3, -0.25) is 4.79 Å². The summed E-state index contributed by atoms with van der Waals surface area (Å²) in [5, 5.41) is 16.3. The van der Waals surface area contributed by atoms with Crippen LogP contribution in [0.25, 0.3) is 22.0 Å². The molecule has 178 valence electrons. The van der Waals surface area contributed by atoms with E-state index >= 15 is 4.39 Å². The van der Waals surface area contributed by atoms with Crippen LogP contribution in [0.5, 0.6) is 0 Å². The molecule has 4 rings (SSSR count). The number of aromatic nitrogens is 3. The molecule has 2 aromatic carbocycles. The van der Waals surface area contributed by atoms with Crippen molar-refractivity contribution in [2.45, 2.75) is 19.1 Å². The summed E-state index contributed by atoms with van der Waals surface area (Å²) in [6.07, 6.45) is -5.52. The van der Waals surface area contributed by atoms with Crippen molar-refractivity contribution in [3.63, 3.8) is 0 Å². The van der Waals surface area contributed by atoms with Gasteiger partial charge in [-0.1, -0.05) is 41.9 Å². The second-order valence-corrected chi connectivity index (χ2v) is 8.02. The maximum absolute atomic E-state index is 15.1. The van der Waals surface area contributed by atoms with Crippen molar-refractivity contribution >= 4 is 28.2 Å². The molecule has 0 spiro atoms. The van der Waals surface area contributed by atoms with Crippen molar-refractivity contribution in [2.24, 2.45) is 0 Å². The van der Waals surface area contributed by atoms with E-state index in [0.29, 0.717) is 16.5 Å². The van der Waals surface area contributed by atoms with Gasteiger partial charge in [0.1, 0.15) is 11.5 Å². The first kappa shape index (κ1) is 24.2. The zero-order valence-electron chi connectivity index (χ0n) is 17.9. The first-order valence-corrected chi connectivity index (χ1v) is 10.7. The van der Waals surface area contributed by atoms with E-state index in [9.17, 15) is 18.0 Å². The van der Waals surface area contributed by atoms with Crippen LogP contribution < -0.4 is 10.9 Å². The van der Waals surface area contributed by atoms with E-state index in [1.165, 1.54) is 10.7 Å². The average Bonchev–Trinajstić information content (AvgIpc) is 2.83. The van der Waals surface area contributed by atoms with Crippen LogP contribution in [0, 0.1) is 17.3 Å². The maximum atomic E-state index is 15.1. The number of benzene rings is 2. The van der Waals surface area contributed by atoms with E-state index < -0.39 is 30.6 Å². The minimum absolute atomic E-state index is 0.0578. The number of halogens is 5. The molecule has 2 aromatic heterocycles. The van der Waals surface area contributed by atoms with E-state index in [2.05, 4.69) is 15.4 Å². The number of fused-ring (bicyclic) bond motifs is 1. The van der Waals surface area contributed by atoms with Crippen LogP contribution in [0.1, 0.15) is 17.5 Å². The number of rotatable bonds is 6. The lowest BCUT2D eigenvalue weighted by Crippen LogP contribution is -2.24. The van der Waals surface area contributed by atoms with E-state index in [-0.39, 0.29) is 34.0 Å². The molecule has 0 aliphatic carbocycles. The molecular formula is C24H16ClF4N5O. The zero-order chi connectivity index (χ0) is 25.2. The Labute approximate surface area is 201 Å². The fourth-order valence-corrected chi connectivity index (χ4v) is 3.70. The molecule has 1 N–H and O–H groups in total. The van der Waals surface area contributed by atoms with Crippen molar-refractivity contribution < 1.29 is 17.6 Å². The van der Waals surface area contributed by atoms with Gasteiger partial charge >= 0.3 is 6.18 Å². The number of alkyl halides is 3. The molecule has 4 aromatic rings. The number of pyridine rings is 1. The Bertz CT molecular complexity index is 1490.